The van der Waals surface area contributed by atoms with Gasteiger partial charge in [0, 0.05) is 18.2 Å². The number of hydrogen-bond donors (Lipinski definition) is 0. The monoisotopic (exact) mass is 299 g/mol. The summed E-state index contributed by atoms with van der Waals surface area (Å²) in [7, 11) is 0. The van der Waals surface area contributed by atoms with Gasteiger partial charge in [-0.3, -0.25) is 4.57 Å². The smallest absolute Gasteiger partial charge is 0.238 e. The molecule has 19 heavy (non-hydrogen) atoms. The minimum Gasteiger partial charge on any atom is -0.289 e. The molecular weight excluding hydrogens is 277 g/mol. The third kappa shape index (κ3) is 5.14. The highest BCUT2D eigenvalue weighted by Crippen LogP contribution is 2.57. The van der Waals surface area contributed by atoms with E-state index in [1.807, 2.05) is 74.8 Å². The molecule has 0 heterocycles. The topological polar surface area (TPSA) is 20.3 Å². The fraction of sp³-hybridized carbons (Fsp3) is 0.467. The van der Waals surface area contributed by atoms with Crippen LogP contribution in [0.25, 0.3) is 6.08 Å². The van der Waals surface area contributed by atoms with Crippen molar-refractivity contribution in [3.8, 4) is 0 Å². The number of nitrogens with zero attached hydrogens (tertiary/aromatic N) is 1. The van der Waals surface area contributed by atoms with E-state index in [4.69, 9.17) is 11.2 Å². The molecule has 0 N–H and O–H groups in total. The number of allylic oxidation sites excluding steroid dienone is 1. The van der Waals surface area contributed by atoms with E-state index in [2.05, 4.69) is 0 Å². The lowest BCUT2D eigenvalue weighted by atomic mass is 10.2. The Morgan fingerprint density at radius 2 is 1.68 bits per heavy atom. The van der Waals surface area contributed by atoms with Crippen LogP contribution in [0.5, 0.6) is 0 Å². The summed E-state index contributed by atoms with van der Waals surface area (Å²) in [5.74, 6) is 0. The van der Waals surface area contributed by atoms with Crippen molar-refractivity contribution in [1.82, 2.24) is 4.67 Å². The largest absolute Gasteiger partial charge is 0.289 e. The number of hydrogen-bond acceptors (Lipinski definition) is 1. The minimum atomic E-state index is -2.83. The molecule has 1 aromatic carbocycles. The zero-order valence-corrected chi connectivity index (χ0v) is 13.7. The molecule has 0 amide bonds. The maximum absolute atomic E-state index is 12.6. The maximum Gasteiger partial charge on any atom is 0.238 e. The van der Waals surface area contributed by atoms with Gasteiger partial charge in [0.05, 0.1) is 0 Å². The number of rotatable bonds is 6. The fourth-order valence-corrected chi connectivity index (χ4v) is 5.48. The molecule has 2 nitrogen and oxygen atoms in total. The van der Waals surface area contributed by atoms with E-state index in [1.54, 1.807) is 0 Å². The summed E-state index contributed by atoms with van der Waals surface area (Å²) < 4.78 is 14.5. The quantitative estimate of drug-likeness (QED) is 0.669. The molecule has 1 atom stereocenters. The first-order chi connectivity index (χ1) is 8.84. The Morgan fingerprint density at radius 3 is 2.16 bits per heavy atom. The van der Waals surface area contributed by atoms with Gasteiger partial charge in [-0.05, 0) is 44.5 Å². The van der Waals surface area contributed by atoms with Crippen LogP contribution >= 0.6 is 17.9 Å². The second-order valence-electron chi connectivity index (χ2n) is 5.18. The lowest BCUT2D eigenvalue weighted by Crippen LogP contribution is -2.33. The Morgan fingerprint density at radius 1 is 1.16 bits per heavy atom. The van der Waals surface area contributed by atoms with E-state index >= 15 is 0 Å². The standard InChI is InChI=1S/C15H23ClNOP/c1-13(2)17(14(3)4)19(16,18)12-8-11-15-9-6-5-7-10-15/h5-11,13-14H,12H2,1-4H3/b11-8+. The first-order valence-corrected chi connectivity index (χ1v) is 9.38. The Kier molecular flexibility index (Phi) is 6.32. The van der Waals surface area contributed by atoms with Crippen LogP contribution < -0.4 is 0 Å². The van der Waals surface area contributed by atoms with Crippen LogP contribution in [-0.2, 0) is 4.57 Å². The van der Waals surface area contributed by atoms with E-state index in [1.165, 1.54) is 0 Å². The van der Waals surface area contributed by atoms with E-state index in [0.29, 0.717) is 6.16 Å². The molecule has 0 bridgehead atoms. The van der Waals surface area contributed by atoms with Crippen molar-refractivity contribution in [2.75, 3.05) is 6.16 Å². The van der Waals surface area contributed by atoms with Gasteiger partial charge in [0.15, 0.2) is 0 Å². The van der Waals surface area contributed by atoms with Gasteiger partial charge in [-0.1, -0.05) is 42.5 Å². The number of benzene rings is 1. The van der Waals surface area contributed by atoms with Gasteiger partial charge in [-0.2, -0.15) is 0 Å². The Labute approximate surface area is 121 Å². The van der Waals surface area contributed by atoms with Gasteiger partial charge in [0.1, 0.15) is 0 Å². The normalized spacial score (nSPS) is 15.6. The van der Waals surface area contributed by atoms with Gasteiger partial charge in [-0.15, -0.1) is 0 Å². The van der Waals surface area contributed by atoms with Crippen LogP contribution in [0.3, 0.4) is 0 Å². The Balaban J connectivity index is 2.74. The molecule has 0 spiro atoms. The highest BCUT2D eigenvalue weighted by molar-refractivity contribution is 7.87. The summed E-state index contributed by atoms with van der Waals surface area (Å²) >= 11 is 6.29. The van der Waals surface area contributed by atoms with Crippen LogP contribution in [0.4, 0.5) is 0 Å². The van der Waals surface area contributed by atoms with Crippen LogP contribution in [0.1, 0.15) is 33.3 Å². The van der Waals surface area contributed by atoms with Crippen LogP contribution in [0.2, 0.25) is 0 Å². The molecule has 0 fully saturated rings. The van der Waals surface area contributed by atoms with Crippen molar-refractivity contribution >= 4 is 24.0 Å². The molecule has 4 heteroatoms. The maximum atomic E-state index is 12.6. The fourth-order valence-electron chi connectivity index (χ4n) is 2.26. The predicted octanol–water partition coefficient (Wildman–Crippen LogP) is 5.25. The first-order valence-electron chi connectivity index (χ1n) is 6.63. The summed E-state index contributed by atoms with van der Waals surface area (Å²) in [6.45, 7) is 5.26. The zero-order valence-electron chi connectivity index (χ0n) is 12.1. The average molecular weight is 300 g/mol. The highest BCUT2D eigenvalue weighted by Gasteiger charge is 2.31. The highest BCUT2D eigenvalue weighted by atomic mass is 35.7. The van der Waals surface area contributed by atoms with Crippen molar-refractivity contribution in [3.05, 3.63) is 42.0 Å². The first kappa shape index (κ1) is 16.5. The molecule has 0 saturated carbocycles. The third-order valence-corrected chi connectivity index (χ3v) is 6.06. The summed E-state index contributed by atoms with van der Waals surface area (Å²) in [5, 5.41) is 0. The minimum absolute atomic E-state index is 0.174. The van der Waals surface area contributed by atoms with Crippen molar-refractivity contribution in [2.24, 2.45) is 0 Å². The van der Waals surface area contributed by atoms with Crippen molar-refractivity contribution in [2.45, 2.75) is 39.8 Å². The Bertz CT molecular complexity index is 448. The summed E-state index contributed by atoms with van der Waals surface area (Å²) in [4.78, 5) is 0. The van der Waals surface area contributed by atoms with E-state index in [-0.39, 0.29) is 12.1 Å². The zero-order chi connectivity index (χ0) is 14.5. The molecule has 0 aliphatic heterocycles. The van der Waals surface area contributed by atoms with Crippen molar-refractivity contribution < 1.29 is 4.57 Å². The lowest BCUT2D eigenvalue weighted by Gasteiger charge is -2.33. The SMILES string of the molecule is CC(C)N(C(C)C)P(=O)(Cl)C/C=C/c1ccccc1. The van der Waals surface area contributed by atoms with Gasteiger partial charge in [0.25, 0.3) is 0 Å². The molecular formula is C15H23ClNOP. The van der Waals surface area contributed by atoms with E-state index in [9.17, 15) is 4.57 Å². The second-order valence-corrected chi connectivity index (χ2v) is 8.82. The molecule has 0 aliphatic carbocycles. The molecule has 1 rings (SSSR count). The van der Waals surface area contributed by atoms with Crippen molar-refractivity contribution in [3.63, 3.8) is 0 Å². The van der Waals surface area contributed by atoms with Gasteiger partial charge in [0.2, 0.25) is 6.65 Å². The number of halogens is 1. The van der Waals surface area contributed by atoms with Crippen LogP contribution in [0.15, 0.2) is 36.4 Å². The molecule has 0 aliphatic rings. The lowest BCUT2D eigenvalue weighted by molar-refractivity contribution is 0.307. The van der Waals surface area contributed by atoms with E-state index in [0.717, 1.165) is 5.56 Å². The van der Waals surface area contributed by atoms with Gasteiger partial charge >= 0.3 is 0 Å². The summed E-state index contributed by atoms with van der Waals surface area (Å²) in [6.07, 6.45) is 4.26. The van der Waals surface area contributed by atoms with Gasteiger partial charge < -0.3 is 0 Å². The van der Waals surface area contributed by atoms with Crippen LogP contribution in [0, 0.1) is 0 Å². The Hall–Kier alpha value is -0.560. The molecule has 0 radical (unpaired) electrons. The molecule has 0 saturated heterocycles. The molecule has 0 aromatic heterocycles. The van der Waals surface area contributed by atoms with Gasteiger partial charge in [-0.25, -0.2) is 4.67 Å². The van der Waals surface area contributed by atoms with Crippen LogP contribution in [-0.4, -0.2) is 22.9 Å². The van der Waals surface area contributed by atoms with Crippen molar-refractivity contribution in [1.29, 1.82) is 0 Å². The van der Waals surface area contributed by atoms with E-state index < -0.39 is 6.65 Å². The molecule has 1 unspecified atom stereocenters. The predicted molar refractivity (Wildman–Crippen MR) is 85.9 cm³/mol. The molecule has 106 valence electrons. The molecule has 1 aromatic rings. The third-order valence-electron chi connectivity index (χ3n) is 2.84. The average Bonchev–Trinajstić information content (AvgIpc) is 2.28. The summed E-state index contributed by atoms with van der Waals surface area (Å²) in [6, 6.07) is 10.3. The second kappa shape index (κ2) is 7.28. The summed E-state index contributed by atoms with van der Waals surface area (Å²) in [5.41, 5.74) is 1.10.